The molecule has 0 amide bonds. The van der Waals surface area contributed by atoms with E-state index in [0.717, 1.165) is 11.5 Å². The molecule has 2 nitrogen and oxygen atoms in total. The van der Waals surface area contributed by atoms with Crippen LogP contribution in [0.3, 0.4) is 0 Å². The average molecular weight is 233 g/mol. The van der Waals surface area contributed by atoms with Gasteiger partial charge in [-0.3, -0.25) is 0 Å². The minimum absolute atomic E-state index is 0.380. The molecular formula is C15H23NO. The minimum atomic E-state index is -0.380. The van der Waals surface area contributed by atoms with Crippen LogP contribution >= 0.6 is 0 Å². The SMILES string of the molecule is CCC1CCCC1NCC(O)c1ccccc1. The molecule has 0 radical (unpaired) electrons. The highest BCUT2D eigenvalue weighted by atomic mass is 16.3. The van der Waals surface area contributed by atoms with Crippen molar-refractivity contribution in [3.63, 3.8) is 0 Å². The first kappa shape index (κ1) is 12.6. The molecular weight excluding hydrogens is 210 g/mol. The summed E-state index contributed by atoms with van der Waals surface area (Å²) in [6, 6.07) is 10.5. The number of hydrogen-bond acceptors (Lipinski definition) is 2. The third-order valence-corrected chi connectivity index (χ3v) is 3.94. The topological polar surface area (TPSA) is 32.3 Å². The van der Waals surface area contributed by atoms with Crippen LogP contribution in [-0.2, 0) is 0 Å². The standard InChI is InChI=1S/C15H23NO/c1-2-12-9-6-10-14(12)16-11-15(17)13-7-4-3-5-8-13/h3-5,7-8,12,14-17H,2,6,9-11H2,1H3. The van der Waals surface area contributed by atoms with Crippen LogP contribution in [0.25, 0.3) is 0 Å². The van der Waals surface area contributed by atoms with Crippen molar-refractivity contribution in [1.29, 1.82) is 0 Å². The number of aliphatic hydroxyl groups is 1. The van der Waals surface area contributed by atoms with Crippen molar-refractivity contribution in [3.8, 4) is 0 Å². The number of nitrogens with one attached hydrogen (secondary N) is 1. The summed E-state index contributed by atoms with van der Waals surface area (Å²) >= 11 is 0. The summed E-state index contributed by atoms with van der Waals surface area (Å²) in [5.74, 6) is 0.804. The van der Waals surface area contributed by atoms with Gasteiger partial charge in [-0.2, -0.15) is 0 Å². The molecule has 3 atom stereocenters. The third-order valence-electron chi connectivity index (χ3n) is 3.94. The van der Waals surface area contributed by atoms with E-state index in [9.17, 15) is 5.11 Å². The van der Waals surface area contributed by atoms with Crippen LogP contribution in [0.15, 0.2) is 30.3 Å². The fourth-order valence-corrected chi connectivity index (χ4v) is 2.85. The second-order valence-electron chi connectivity index (χ2n) is 5.04. The molecule has 1 aromatic rings. The van der Waals surface area contributed by atoms with E-state index in [0.29, 0.717) is 12.6 Å². The number of benzene rings is 1. The Bertz CT molecular complexity index is 325. The van der Waals surface area contributed by atoms with E-state index in [2.05, 4.69) is 12.2 Å². The molecule has 2 heteroatoms. The maximum Gasteiger partial charge on any atom is 0.0914 e. The zero-order valence-corrected chi connectivity index (χ0v) is 10.6. The first-order valence-corrected chi connectivity index (χ1v) is 6.77. The van der Waals surface area contributed by atoms with E-state index in [1.165, 1.54) is 25.7 Å². The first-order chi connectivity index (χ1) is 8.31. The van der Waals surface area contributed by atoms with E-state index in [1.807, 2.05) is 30.3 Å². The lowest BCUT2D eigenvalue weighted by atomic mass is 10.0. The highest BCUT2D eigenvalue weighted by molar-refractivity contribution is 5.17. The molecule has 17 heavy (non-hydrogen) atoms. The Morgan fingerprint density at radius 3 is 2.76 bits per heavy atom. The molecule has 2 rings (SSSR count). The lowest BCUT2D eigenvalue weighted by Crippen LogP contribution is -2.35. The lowest BCUT2D eigenvalue weighted by molar-refractivity contribution is 0.166. The Morgan fingerprint density at radius 1 is 1.29 bits per heavy atom. The molecule has 2 N–H and O–H groups in total. The minimum Gasteiger partial charge on any atom is -0.387 e. The Hall–Kier alpha value is -0.860. The van der Waals surface area contributed by atoms with Gasteiger partial charge in [0.2, 0.25) is 0 Å². The highest BCUT2D eigenvalue weighted by Gasteiger charge is 2.25. The molecule has 1 saturated carbocycles. The van der Waals surface area contributed by atoms with Crippen LogP contribution in [0.4, 0.5) is 0 Å². The molecule has 3 unspecified atom stereocenters. The van der Waals surface area contributed by atoms with Gasteiger partial charge in [0.15, 0.2) is 0 Å². The quantitative estimate of drug-likeness (QED) is 0.819. The van der Waals surface area contributed by atoms with Crippen molar-refractivity contribution in [1.82, 2.24) is 5.32 Å². The van der Waals surface area contributed by atoms with Gasteiger partial charge in [-0.1, -0.05) is 50.1 Å². The van der Waals surface area contributed by atoms with Gasteiger partial charge in [0.1, 0.15) is 0 Å². The van der Waals surface area contributed by atoms with Crippen LogP contribution in [0.5, 0.6) is 0 Å². The van der Waals surface area contributed by atoms with E-state index in [4.69, 9.17) is 0 Å². The van der Waals surface area contributed by atoms with Gasteiger partial charge in [-0.05, 0) is 24.3 Å². The maximum atomic E-state index is 10.1. The predicted molar refractivity (Wildman–Crippen MR) is 70.8 cm³/mol. The lowest BCUT2D eigenvalue weighted by Gasteiger charge is -2.21. The smallest absolute Gasteiger partial charge is 0.0914 e. The molecule has 1 aliphatic carbocycles. The predicted octanol–water partition coefficient (Wildman–Crippen LogP) is 2.89. The summed E-state index contributed by atoms with van der Waals surface area (Å²) in [5, 5.41) is 13.6. The molecule has 94 valence electrons. The van der Waals surface area contributed by atoms with Crippen LogP contribution in [0.1, 0.15) is 44.3 Å². The monoisotopic (exact) mass is 233 g/mol. The molecule has 0 aliphatic heterocycles. The summed E-state index contributed by atoms with van der Waals surface area (Å²) in [7, 11) is 0. The number of aliphatic hydroxyl groups excluding tert-OH is 1. The second-order valence-corrected chi connectivity index (χ2v) is 5.04. The van der Waals surface area contributed by atoms with Gasteiger partial charge in [0.25, 0.3) is 0 Å². The Labute approximate surface area is 104 Å². The van der Waals surface area contributed by atoms with Crippen LogP contribution in [0.2, 0.25) is 0 Å². The summed E-state index contributed by atoms with van der Waals surface area (Å²) in [6.07, 6.45) is 4.81. The third kappa shape index (κ3) is 3.30. The van der Waals surface area contributed by atoms with Crippen molar-refractivity contribution >= 4 is 0 Å². The highest BCUT2D eigenvalue weighted by Crippen LogP contribution is 2.28. The molecule has 1 aromatic carbocycles. The van der Waals surface area contributed by atoms with Crippen molar-refractivity contribution in [2.75, 3.05) is 6.54 Å². The summed E-state index contributed by atoms with van der Waals surface area (Å²) in [5.41, 5.74) is 1.01. The van der Waals surface area contributed by atoms with Crippen molar-refractivity contribution < 1.29 is 5.11 Å². The van der Waals surface area contributed by atoms with Gasteiger partial charge in [0, 0.05) is 12.6 Å². The molecule has 0 bridgehead atoms. The molecule has 1 fully saturated rings. The Morgan fingerprint density at radius 2 is 2.06 bits per heavy atom. The zero-order chi connectivity index (χ0) is 12.1. The van der Waals surface area contributed by atoms with Crippen molar-refractivity contribution in [2.24, 2.45) is 5.92 Å². The number of hydrogen-bond donors (Lipinski definition) is 2. The van der Waals surface area contributed by atoms with E-state index >= 15 is 0 Å². The number of rotatable bonds is 5. The van der Waals surface area contributed by atoms with E-state index in [-0.39, 0.29) is 6.10 Å². The summed E-state index contributed by atoms with van der Waals surface area (Å²) in [4.78, 5) is 0. The maximum absolute atomic E-state index is 10.1. The summed E-state index contributed by atoms with van der Waals surface area (Å²) < 4.78 is 0. The van der Waals surface area contributed by atoms with Gasteiger partial charge < -0.3 is 10.4 Å². The second kappa shape index (κ2) is 6.18. The molecule has 0 heterocycles. The fourth-order valence-electron chi connectivity index (χ4n) is 2.85. The molecule has 0 spiro atoms. The van der Waals surface area contributed by atoms with Crippen LogP contribution in [0, 0.1) is 5.92 Å². The first-order valence-electron chi connectivity index (χ1n) is 6.77. The largest absolute Gasteiger partial charge is 0.387 e. The van der Waals surface area contributed by atoms with Crippen molar-refractivity contribution in [2.45, 2.75) is 44.8 Å². The van der Waals surface area contributed by atoms with Gasteiger partial charge >= 0.3 is 0 Å². The molecule has 0 saturated heterocycles. The van der Waals surface area contributed by atoms with Crippen molar-refractivity contribution in [3.05, 3.63) is 35.9 Å². The van der Waals surface area contributed by atoms with Crippen LogP contribution in [-0.4, -0.2) is 17.7 Å². The average Bonchev–Trinajstić information content (AvgIpc) is 2.84. The van der Waals surface area contributed by atoms with Gasteiger partial charge in [-0.25, -0.2) is 0 Å². The zero-order valence-electron chi connectivity index (χ0n) is 10.6. The molecule has 0 aromatic heterocycles. The van der Waals surface area contributed by atoms with E-state index < -0.39 is 0 Å². The Kier molecular flexibility index (Phi) is 4.57. The Balaban J connectivity index is 1.82. The molecule has 1 aliphatic rings. The summed E-state index contributed by atoms with van der Waals surface area (Å²) in [6.45, 7) is 2.93. The van der Waals surface area contributed by atoms with E-state index in [1.54, 1.807) is 0 Å². The van der Waals surface area contributed by atoms with Crippen LogP contribution < -0.4 is 5.32 Å². The van der Waals surface area contributed by atoms with Gasteiger partial charge in [-0.15, -0.1) is 0 Å². The fraction of sp³-hybridized carbons (Fsp3) is 0.600. The normalized spacial score (nSPS) is 26.0. The van der Waals surface area contributed by atoms with Gasteiger partial charge in [0.05, 0.1) is 6.10 Å².